The van der Waals surface area contributed by atoms with Gasteiger partial charge in [-0.05, 0) is 18.6 Å². The number of nitrogens with zero attached hydrogens (tertiary/aromatic N) is 1. The third-order valence-corrected chi connectivity index (χ3v) is 2.89. The predicted molar refractivity (Wildman–Crippen MR) is 65.8 cm³/mol. The first-order valence-electron chi connectivity index (χ1n) is 5.92. The fourth-order valence-corrected chi connectivity index (χ4v) is 1.97. The van der Waals surface area contributed by atoms with Gasteiger partial charge < -0.3 is 14.7 Å². The summed E-state index contributed by atoms with van der Waals surface area (Å²) in [5.41, 5.74) is 0.647. The molecule has 0 spiro atoms. The second kappa shape index (κ2) is 5.08. The number of aliphatic carboxylic acids is 1. The Labute approximate surface area is 105 Å². The summed E-state index contributed by atoms with van der Waals surface area (Å²) in [5.74, 6) is -0.452. The van der Waals surface area contributed by atoms with Gasteiger partial charge in [0.2, 0.25) is 0 Å². The number of carbonyl (C=O) groups is 2. The summed E-state index contributed by atoms with van der Waals surface area (Å²) >= 11 is 0. The number of fused-ring (bicyclic) bond motifs is 1. The fraction of sp³-hybridized carbons (Fsp3) is 0.385. The number of rotatable bonds is 4. The Hall–Kier alpha value is -2.04. The molecule has 18 heavy (non-hydrogen) atoms. The highest BCUT2D eigenvalue weighted by Crippen LogP contribution is 2.34. The van der Waals surface area contributed by atoms with E-state index in [-0.39, 0.29) is 18.9 Å². The highest BCUT2D eigenvalue weighted by molar-refractivity contribution is 6.00. The number of amides is 1. The van der Waals surface area contributed by atoms with E-state index in [9.17, 15) is 9.59 Å². The van der Waals surface area contributed by atoms with Crippen LogP contribution in [-0.4, -0.2) is 29.6 Å². The van der Waals surface area contributed by atoms with E-state index in [1.165, 1.54) is 4.90 Å². The molecule has 0 fully saturated rings. The normalized spacial score (nSPS) is 18.2. The number of hydrogen-bond donors (Lipinski definition) is 1. The highest BCUT2D eigenvalue weighted by atomic mass is 16.5. The van der Waals surface area contributed by atoms with Gasteiger partial charge in [0.25, 0.3) is 5.91 Å². The number of carboxylic acid groups (broad SMARTS) is 1. The van der Waals surface area contributed by atoms with Crippen molar-refractivity contribution >= 4 is 17.6 Å². The lowest BCUT2D eigenvalue weighted by molar-refractivity contribution is -0.136. The second-order valence-electron chi connectivity index (χ2n) is 4.12. The summed E-state index contributed by atoms with van der Waals surface area (Å²) in [5, 5.41) is 8.73. The molecule has 5 nitrogen and oxygen atoms in total. The summed E-state index contributed by atoms with van der Waals surface area (Å²) in [7, 11) is 0. The molecular formula is C13H15NO4. The van der Waals surface area contributed by atoms with Gasteiger partial charge in [0.1, 0.15) is 5.75 Å². The largest absolute Gasteiger partial charge is 0.481 e. The Morgan fingerprint density at radius 1 is 1.44 bits per heavy atom. The van der Waals surface area contributed by atoms with Gasteiger partial charge in [-0.15, -0.1) is 0 Å². The van der Waals surface area contributed by atoms with Gasteiger partial charge >= 0.3 is 5.97 Å². The molecule has 96 valence electrons. The lowest BCUT2D eigenvalue weighted by Crippen LogP contribution is -2.46. The van der Waals surface area contributed by atoms with Crippen LogP contribution in [0.25, 0.3) is 0 Å². The smallest absolute Gasteiger partial charge is 0.305 e. The molecule has 0 aromatic heterocycles. The van der Waals surface area contributed by atoms with E-state index in [2.05, 4.69) is 0 Å². The number of carbonyl (C=O) groups excluding carboxylic acids is 1. The first-order chi connectivity index (χ1) is 8.63. The van der Waals surface area contributed by atoms with E-state index in [0.717, 1.165) is 0 Å². The van der Waals surface area contributed by atoms with Crippen molar-refractivity contribution in [2.75, 3.05) is 11.4 Å². The van der Waals surface area contributed by atoms with Gasteiger partial charge in [0.15, 0.2) is 6.10 Å². The monoisotopic (exact) mass is 249 g/mol. The molecule has 2 rings (SSSR count). The van der Waals surface area contributed by atoms with E-state index in [0.29, 0.717) is 17.9 Å². The Morgan fingerprint density at radius 3 is 2.83 bits per heavy atom. The molecule has 1 N–H and O–H groups in total. The topological polar surface area (TPSA) is 66.8 Å². The van der Waals surface area contributed by atoms with Crippen LogP contribution >= 0.6 is 0 Å². The van der Waals surface area contributed by atoms with Crippen LogP contribution in [0.2, 0.25) is 0 Å². The second-order valence-corrected chi connectivity index (χ2v) is 4.12. The van der Waals surface area contributed by atoms with Crippen LogP contribution in [0.3, 0.4) is 0 Å². The third kappa shape index (κ3) is 2.30. The van der Waals surface area contributed by atoms with E-state index >= 15 is 0 Å². The first kappa shape index (κ1) is 12.4. The molecule has 1 amide bonds. The van der Waals surface area contributed by atoms with Gasteiger partial charge in [0, 0.05) is 6.54 Å². The predicted octanol–water partition coefficient (Wildman–Crippen LogP) is 1.67. The molecular weight excluding hydrogens is 234 g/mol. The molecule has 1 aromatic rings. The molecule has 1 aliphatic rings. The lowest BCUT2D eigenvalue weighted by Gasteiger charge is -2.33. The van der Waals surface area contributed by atoms with Crippen molar-refractivity contribution in [3.63, 3.8) is 0 Å². The van der Waals surface area contributed by atoms with Crippen molar-refractivity contribution in [2.24, 2.45) is 0 Å². The zero-order valence-corrected chi connectivity index (χ0v) is 10.1. The molecule has 0 radical (unpaired) electrons. The molecule has 5 heteroatoms. The number of para-hydroxylation sites is 2. The van der Waals surface area contributed by atoms with Gasteiger partial charge in [-0.25, -0.2) is 0 Å². The number of ether oxygens (including phenoxy) is 1. The van der Waals surface area contributed by atoms with Gasteiger partial charge in [-0.3, -0.25) is 9.59 Å². The minimum atomic E-state index is -0.917. The zero-order chi connectivity index (χ0) is 13.1. The maximum atomic E-state index is 12.1. The minimum absolute atomic E-state index is 0.0729. The lowest BCUT2D eigenvalue weighted by atomic mass is 10.1. The van der Waals surface area contributed by atoms with Crippen LogP contribution in [0, 0.1) is 0 Å². The van der Waals surface area contributed by atoms with E-state index in [4.69, 9.17) is 9.84 Å². The first-order valence-corrected chi connectivity index (χ1v) is 5.92. The molecule has 0 saturated carbocycles. The summed E-state index contributed by atoms with van der Waals surface area (Å²) in [6.07, 6.45) is -0.0264. The summed E-state index contributed by atoms with van der Waals surface area (Å²) in [6.45, 7) is 2.04. The Morgan fingerprint density at radius 2 is 2.17 bits per heavy atom. The van der Waals surface area contributed by atoms with Crippen molar-refractivity contribution in [1.29, 1.82) is 0 Å². The van der Waals surface area contributed by atoms with Crippen molar-refractivity contribution < 1.29 is 19.4 Å². The van der Waals surface area contributed by atoms with E-state index < -0.39 is 12.1 Å². The third-order valence-electron chi connectivity index (χ3n) is 2.89. The van der Waals surface area contributed by atoms with Crippen LogP contribution in [0.1, 0.15) is 19.8 Å². The average Bonchev–Trinajstić information content (AvgIpc) is 2.36. The standard InChI is InChI=1S/C13H15NO4/c1-2-10-13(17)14(8-7-12(15)16)9-5-3-4-6-11(9)18-10/h3-6,10H,2,7-8H2,1H3,(H,15,16)/t10-/m0/s1. The molecule has 1 aliphatic heterocycles. The molecule has 0 aliphatic carbocycles. The van der Waals surface area contributed by atoms with Crippen molar-refractivity contribution in [2.45, 2.75) is 25.9 Å². The SMILES string of the molecule is CC[C@@H]1Oc2ccccc2N(CCC(=O)O)C1=O. The fourth-order valence-electron chi connectivity index (χ4n) is 1.97. The molecule has 1 aromatic carbocycles. The van der Waals surface area contributed by atoms with Gasteiger partial charge in [-0.2, -0.15) is 0 Å². The number of anilines is 1. The summed E-state index contributed by atoms with van der Waals surface area (Å²) in [4.78, 5) is 24.3. The van der Waals surface area contributed by atoms with Crippen LogP contribution in [0.5, 0.6) is 5.75 Å². The quantitative estimate of drug-likeness (QED) is 0.881. The zero-order valence-electron chi connectivity index (χ0n) is 10.1. The number of carboxylic acids is 1. The molecule has 1 heterocycles. The van der Waals surface area contributed by atoms with Gasteiger partial charge in [-0.1, -0.05) is 19.1 Å². The van der Waals surface area contributed by atoms with E-state index in [1.807, 2.05) is 13.0 Å². The molecule has 1 atom stereocenters. The maximum absolute atomic E-state index is 12.1. The molecule has 0 bridgehead atoms. The van der Waals surface area contributed by atoms with Crippen LogP contribution in [0.15, 0.2) is 24.3 Å². The Balaban J connectivity index is 2.29. The van der Waals surface area contributed by atoms with Crippen LogP contribution in [-0.2, 0) is 9.59 Å². The van der Waals surface area contributed by atoms with Crippen molar-refractivity contribution in [1.82, 2.24) is 0 Å². The minimum Gasteiger partial charge on any atom is -0.481 e. The summed E-state index contributed by atoms with van der Waals surface area (Å²) < 4.78 is 5.59. The number of benzene rings is 1. The highest BCUT2D eigenvalue weighted by Gasteiger charge is 2.32. The molecule has 0 unspecified atom stereocenters. The van der Waals surface area contributed by atoms with Crippen LogP contribution < -0.4 is 9.64 Å². The van der Waals surface area contributed by atoms with Crippen molar-refractivity contribution in [3.05, 3.63) is 24.3 Å². The Kier molecular flexibility index (Phi) is 3.50. The Bertz CT molecular complexity index is 472. The van der Waals surface area contributed by atoms with E-state index in [1.54, 1.807) is 18.2 Å². The maximum Gasteiger partial charge on any atom is 0.305 e. The van der Waals surface area contributed by atoms with Crippen LogP contribution in [0.4, 0.5) is 5.69 Å². The summed E-state index contributed by atoms with van der Waals surface area (Å²) in [6, 6.07) is 7.19. The van der Waals surface area contributed by atoms with Gasteiger partial charge in [0.05, 0.1) is 12.1 Å². The number of hydrogen-bond acceptors (Lipinski definition) is 3. The average molecular weight is 249 g/mol. The van der Waals surface area contributed by atoms with Crippen molar-refractivity contribution in [3.8, 4) is 5.75 Å². The molecule has 0 saturated heterocycles.